The highest BCUT2D eigenvalue weighted by Crippen LogP contribution is 2.40. The summed E-state index contributed by atoms with van der Waals surface area (Å²) in [5, 5.41) is 12.1. The molecule has 1 amide bonds. The van der Waals surface area contributed by atoms with Crippen LogP contribution in [-0.2, 0) is 23.1 Å². The van der Waals surface area contributed by atoms with E-state index in [1.54, 1.807) is 24.3 Å². The highest BCUT2D eigenvalue weighted by molar-refractivity contribution is 7.89. The van der Waals surface area contributed by atoms with Crippen LogP contribution in [0.1, 0.15) is 78.2 Å². The van der Waals surface area contributed by atoms with Gasteiger partial charge in [0, 0.05) is 36.9 Å². The van der Waals surface area contributed by atoms with E-state index >= 15 is 0 Å². The summed E-state index contributed by atoms with van der Waals surface area (Å²) in [7, 11) is -3.85. The van der Waals surface area contributed by atoms with Crippen molar-refractivity contribution in [1.82, 2.24) is 34.6 Å². The van der Waals surface area contributed by atoms with Crippen LogP contribution in [0.2, 0.25) is 0 Å². The van der Waals surface area contributed by atoms with Gasteiger partial charge in [0.25, 0.3) is 5.91 Å². The first kappa shape index (κ1) is 33.2. The molecule has 0 unspecified atom stereocenters. The van der Waals surface area contributed by atoms with E-state index < -0.39 is 15.6 Å². The van der Waals surface area contributed by atoms with Crippen molar-refractivity contribution in [3.8, 4) is 5.75 Å². The van der Waals surface area contributed by atoms with Crippen molar-refractivity contribution in [3.63, 3.8) is 0 Å². The summed E-state index contributed by atoms with van der Waals surface area (Å²) in [6.07, 6.45) is 4.74. The van der Waals surface area contributed by atoms with Gasteiger partial charge in [0.1, 0.15) is 28.6 Å². The first-order chi connectivity index (χ1) is 22.9. The van der Waals surface area contributed by atoms with E-state index in [0.29, 0.717) is 24.3 Å². The second kappa shape index (κ2) is 13.1. The Labute approximate surface area is 281 Å². The number of aryl methyl sites for hydroxylation is 3. The fourth-order valence-corrected chi connectivity index (χ4v) is 8.17. The predicted molar refractivity (Wildman–Crippen MR) is 183 cm³/mol. The molecule has 1 aliphatic rings. The van der Waals surface area contributed by atoms with Gasteiger partial charge in [-0.15, -0.1) is 5.10 Å². The summed E-state index contributed by atoms with van der Waals surface area (Å²) in [5.41, 5.74) is 5.94. The normalized spacial score (nSPS) is 16.9. The lowest BCUT2D eigenvalue weighted by atomic mass is 9.74. The van der Waals surface area contributed by atoms with Gasteiger partial charge < -0.3 is 10.1 Å². The van der Waals surface area contributed by atoms with Crippen LogP contribution >= 0.6 is 0 Å². The Hall–Kier alpha value is -4.68. The third kappa shape index (κ3) is 6.17. The van der Waals surface area contributed by atoms with Crippen molar-refractivity contribution >= 4 is 27.0 Å². The fraction of sp³-hybridized carbons (Fsp3) is 0.361. The largest absolute Gasteiger partial charge is 0.488 e. The molecule has 6 rings (SSSR count). The SMILES string of the molecule is CC[C@@H]1CN(Cc2cc([C@@H](c3ccc4c(nnn4CC)c3C)C(C)(C)NC(=O)c3cncnc3)ccc2C)S(=O)(=O)c2ccccc2O1. The number of nitrogens with zero attached hydrogens (tertiary/aromatic N) is 6. The molecule has 0 aliphatic carbocycles. The lowest BCUT2D eigenvalue weighted by Gasteiger charge is -2.37. The number of para-hydroxylation sites is 1. The van der Waals surface area contributed by atoms with Gasteiger partial charge in [0.05, 0.1) is 17.6 Å². The first-order valence-corrected chi connectivity index (χ1v) is 17.6. The molecular formula is C36H41N7O4S. The highest BCUT2D eigenvalue weighted by Gasteiger charge is 2.37. The van der Waals surface area contributed by atoms with Crippen LogP contribution in [0.5, 0.6) is 5.75 Å². The molecule has 3 heterocycles. The molecule has 12 heteroatoms. The maximum absolute atomic E-state index is 14.0. The van der Waals surface area contributed by atoms with Gasteiger partial charge in [-0.25, -0.2) is 23.1 Å². The number of ether oxygens (including phenoxy) is 1. The molecule has 0 saturated carbocycles. The van der Waals surface area contributed by atoms with Crippen LogP contribution in [0.3, 0.4) is 0 Å². The molecule has 0 bridgehead atoms. The van der Waals surface area contributed by atoms with Crippen LogP contribution < -0.4 is 10.1 Å². The van der Waals surface area contributed by atoms with Gasteiger partial charge in [-0.3, -0.25) is 4.79 Å². The summed E-state index contributed by atoms with van der Waals surface area (Å²) in [5.74, 6) is -0.270. The molecule has 1 N–H and O–H groups in total. The zero-order valence-corrected chi connectivity index (χ0v) is 29.0. The molecule has 2 atom stereocenters. The van der Waals surface area contributed by atoms with Crippen molar-refractivity contribution in [3.05, 3.63) is 107 Å². The number of aromatic nitrogens is 5. The summed E-state index contributed by atoms with van der Waals surface area (Å²) in [6, 6.07) is 17.1. The monoisotopic (exact) mass is 667 g/mol. The number of carbonyl (C=O) groups is 1. The van der Waals surface area contributed by atoms with Crippen molar-refractivity contribution < 1.29 is 17.9 Å². The Morgan fingerprint density at radius 1 is 1.06 bits per heavy atom. The van der Waals surface area contributed by atoms with Crippen molar-refractivity contribution in [1.29, 1.82) is 0 Å². The van der Waals surface area contributed by atoms with Crippen LogP contribution in [0, 0.1) is 13.8 Å². The minimum atomic E-state index is -3.85. The number of hydrogen-bond acceptors (Lipinski definition) is 8. The van der Waals surface area contributed by atoms with Crippen LogP contribution in [0.4, 0.5) is 0 Å². The summed E-state index contributed by atoms with van der Waals surface area (Å²) in [6.45, 7) is 13.1. The van der Waals surface area contributed by atoms with Crippen molar-refractivity contribution in [2.45, 2.75) is 83.5 Å². The van der Waals surface area contributed by atoms with Crippen molar-refractivity contribution in [2.24, 2.45) is 0 Å². The van der Waals surface area contributed by atoms with E-state index in [1.807, 2.05) is 58.4 Å². The number of benzene rings is 3. The number of carbonyl (C=O) groups excluding carboxylic acids is 1. The van der Waals surface area contributed by atoms with E-state index in [2.05, 4.69) is 43.8 Å². The maximum atomic E-state index is 14.0. The summed E-state index contributed by atoms with van der Waals surface area (Å²) >= 11 is 0. The average Bonchev–Trinajstić information content (AvgIpc) is 3.46. The van der Waals surface area contributed by atoms with Gasteiger partial charge in [0.2, 0.25) is 10.0 Å². The zero-order chi connectivity index (χ0) is 34.2. The molecule has 250 valence electrons. The zero-order valence-electron chi connectivity index (χ0n) is 28.1. The van der Waals surface area contributed by atoms with Gasteiger partial charge in [-0.05, 0) is 87.1 Å². The second-order valence-electron chi connectivity index (χ2n) is 12.9. The Morgan fingerprint density at radius 2 is 1.81 bits per heavy atom. The van der Waals surface area contributed by atoms with Crippen LogP contribution in [0.15, 0.2) is 78.2 Å². The lowest BCUT2D eigenvalue weighted by Crippen LogP contribution is -2.48. The Kier molecular flexibility index (Phi) is 9.06. The number of fused-ring (bicyclic) bond motifs is 2. The van der Waals surface area contributed by atoms with Gasteiger partial charge in [-0.1, -0.05) is 48.5 Å². The Morgan fingerprint density at radius 3 is 2.54 bits per heavy atom. The average molecular weight is 668 g/mol. The second-order valence-corrected chi connectivity index (χ2v) is 14.8. The lowest BCUT2D eigenvalue weighted by molar-refractivity contribution is 0.0905. The summed E-state index contributed by atoms with van der Waals surface area (Å²) < 4.78 is 37.6. The number of hydrogen-bond donors (Lipinski definition) is 1. The molecule has 0 spiro atoms. The smallest absolute Gasteiger partial charge is 0.254 e. The molecule has 0 radical (unpaired) electrons. The number of amides is 1. The number of nitrogens with one attached hydrogen (secondary N) is 1. The Bertz CT molecular complexity index is 2080. The van der Waals surface area contributed by atoms with Crippen molar-refractivity contribution in [2.75, 3.05) is 6.54 Å². The quantitative estimate of drug-likeness (QED) is 0.216. The number of sulfonamides is 1. The molecule has 2 aromatic heterocycles. The van der Waals surface area contributed by atoms with E-state index in [9.17, 15) is 13.2 Å². The third-order valence-corrected chi connectivity index (χ3v) is 11.1. The molecular weight excluding hydrogens is 627 g/mol. The Balaban J connectivity index is 1.45. The third-order valence-electron chi connectivity index (χ3n) is 9.25. The van der Waals surface area contributed by atoms with E-state index in [0.717, 1.165) is 38.9 Å². The van der Waals surface area contributed by atoms with Gasteiger partial charge >= 0.3 is 0 Å². The summed E-state index contributed by atoms with van der Waals surface area (Å²) in [4.78, 5) is 21.7. The number of rotatable bonds is 9. The predicted octanol–water partition coefficient (Wildman–Crippen LogP) is 5.56. The fourth-order valence-electron chi connectivity index (χ4n) is 6.60. The minimum Gasteiger partial charge on any atom is -0.488 e. The molecule has 3 aromatic carbocycles. The minimum absolute atomic E-state index is 0.167. The molecule has 0 fully saturated rings. The molecule has 5 aromatic rings. The molecule has 11 nitrogen and oxygen atoms in total. The van der Waals surface area contributed by atoms with Gasteiger partial charge in [0.15, 0.2) is 0 Å². The van der Waals surface area contributed by atoms with Crippen LogP contribution in [0.25, 0.3) is 11.0 Å². The topological polar surface area (TPSA) is 132 Å². The first-order valence-electron chi connectivity index (χ1n) is 16.2. The molecule has 48 heavy (non-hydrogen) atoms. The van der Waals surface area contributed by atoms with E-state index in [1.165, 1.54) is 23.0 Å². The van der Waals surface area contributed by atoms with Crippen LogP contribution in [-0.4, -0.2) is 61.8 Å². The standard InChI is InChI=1S/C36H41N7O4S/c1-7-28-21-42(48(45,46)32-12-10-9-11-31(32)47-28)20-26-17-25(14-13-23(26)3)33(36(5,6)39-35(44)27-18-37-22-38-19-27)29-15-16-30-34(24(29)4)40-41-43(30)8-2/h9-19,22,28,33H,7-8,20-21H2,1-6H3,(H,39,44)/t28-,33+/m1/s1. The maximum Gasteiger partial charge on any atom is 0.254 e. The van der Waals surface area contributed by atoms with Gasteiger partial charge in [-0.2, -0.15) is 4.31 Å². The van der Waals surface area contributed by atoms with E-state index in [-0.39, 0.29) is 35.9 Å². The highest BCUT2D eigenvalue weighted by atomic mass is 32.2. The molecule has 0 saturated heterocycles. The van der Waals surface area contributed by atoms with E-state index in [4.69, 9.17) is 4.74 Å². The molecule has 1 aliphatic heterocycles.